The number of carbonyl (C=O) groups is 2. The van der Waals surface area contributed by atoms with E-state index in [1.807, 2.05) is 0 Å². The van der Waals surface area contributed by atoms with Gasteiger partial charge in [-0.3, -0.25) is 9.59 Å². The second-order valence-corrected chi connectivity index (χ2v) is 51.2. The van der Waals surface area contributed by atoms with E-state index in [1.165, 1.54) is 19.2 Å². The molecule has 0 saturated heterocycles. The summed E-state index contributed by atoms with van der Waals surface area (Å²) in [6.07, 6.45) is 14.7. The van der Waals surface area contributed by atoms with Gasteiger partial charge in [0.1, 0.15) is 24.7 Å². The molecule has 538 valence electrons. The molecule has 2 aliphatic carbocycles. The largest absolute Gasteiger partial charge is 0.491 e. The average molecular weight is 1400 g/mol. The van der Waals surface area contributed by atoms with Gasteiger partial charge in [-0.05, 0) is 196 Å². The van der Waals surface area contributed by atoms with Crippen molar-refractivity contribution in [1.29, 1.82) is 0 Å². The molecule has 0 aromatic heterocycles. The molecule has 0 spiro atoms. The minimum atomic E-state index is -4.45. The van der Waals surface area contributed by atoms with Crippen LogP contribution in [0.15, 0.2) is 97.1 Å². The molecule has 2 aliphatic rings. The van der Waals surface area contributed by atoms with Crippen LogP contribution < -0.4 is 9.47 Å². The Bertz CT molecular complexity index is 2750. The Kier molecular flexibility index (Phi) is 32.9. The molecule has 0 heterocycles. The van der Waals surface area contributed by atoms with Crippen molar-refractivity contribution in [1.82, 2.24) is 0 Å². The molecule has 0 unspecified atom stereocenters. The van der Waals surface area contributed by atoms with Crippen LogP contribution in [0, 0.1) is 35.5 Å². The van der Waals surface area contributed by atoms with Gasteiger partial charge in [0.05, 0.1) is 30.4 Å². The zero-order chi connectivity index (χ0) is 71.0. The lowest BCUT2D eigenvalue weighted by molar-refractivity contribution is -0.141. The monoisotopic (exact) mass is 1400 g/mol. The number of hydrogen-bond donors (Lipinski definition) is 1. The summed E-state index contributed by atoms with van der Waals surface area (Å²) in [4.78, 5) is 22.4. The number of hydrogen-bond acceptors (Lipinski definition) is 9. The van der Waals surface area contributed by atoms with Crippen LogP contribution in [0.25, 0.3) is 0 Å². The molecule has 2 aromatic carbocycles. The van der Waals surface area contributed by atoms with Crippen LogP contribution in [0.5, 0.6) is 11.5 Å². The first-order chi connectivity index (χ1) is 42.4. The summed E-state index contributed by atoms with van der Waals surface area (Å²) < 4.78 is 124. The van der Waals surface area contributed by atoms with Crippen LogP contribution in [-0.4, -0.2) is 95.1 Å². The minimum absolute atomic E-state index is 0. The molecule has 1 N–H and O–H groups in total. The zero-order valence-corrected chi connectivity index (χ0v) is 64.9. The van der Waals surface area contributed by atoms with E-state index in [0.717, 1.165) is 69.2 Å². The van der Waals surface area contributed by atoms with Crippen molar-refractivity contribution >= 4 is 45.2 Å². The molecule has 94 heavy (non-hydrogen) atoms. The van der Waals surface area contributed by atoms with Gasteiger partial charge in [0.25, 0.3) is 0 Å². The van der Waals surface area contributed by atoms with Crippen LogP contribution in [0.4, 0.5) is 26.3 Å². The standard InChI is InChI=1S/C37H61F3O5Si2.C36H59F3O5Si2.CH4/c1-27-24-33(45-47(11,12)36(5,6)7)32(20-15-13-14-16-21-34(41)42-8)31(27)23-22-30(44-46(9,10)35(2,3)4)26-43-29-19-17-18-28(25-29)37(38,39)40;1-26-23-32(44-46(10,11)35(5,6)7)31(19-14-12-13-15-20-33(40)41)30(26)22-21-29(43-45(8,9)34(2,3)4)25-42-28-18-16-17-27(24-28)36(37,38)39;/h13,15,17-19,22-23,25,27,30-33H,14,16,20-21,24,26H2,1-12H3;12,14,16-18,21-22,24,26,29-32H,13,15,19-20,23,25H2,1-11H3,(H,40,41);1H4/b15-13-,23-22+;14-12-,22-21+;/t27-,30-,31+,32-,33+;26-,29-,30+,31-,32+;/m11./s1. The first-order valence-electron chi connectivity index (χ1n) is 33.7. The highest BCUT2D eigenvalue weighted by atomic mass is 28.4. The van der Waals surface area contributed by atoms with Gasteiger partial charge < -0.3 is 37.0 Å². The SMILES string of the molecule is C.COC(=O)CCC/C=C\C[C@@H]1[C@@H](/C=C/[C@H](COc2cccc(C(F)(F)F)c2)O[Si](C)(C)C(C)(C)C)[C@H](C)C[C@@H]1O[Si](C)(C)C(C)(C)C.C[C@@H]1C[C@H](O[Si](C)(C)C(C)(C)C)[C@H](C/C=C\CCCC(=O)O)[C@H]1/C=C/[C@H](COc1cccc(C(F)(F)F)c1)O[Si](C)(C)C(C)(C)C. The highest BCUT2D eigenvalue weighted by Gasteiger charge is 2.49. The highest BCUT2D eigenvalue weighted by Crippen LogP contribution is 2.49. The van der Waals surface area contributed by atoms with Crippen molar-refractivity contribution in [3.63, 3.8) is 0 Å². The number of carboxylic acid groups (broad SMARTS) is 1. The quantitative estimate of drug-likeness (QED) is 0.0266. The summed E-state index contributed by atoms with van der Waals surface area (Å²) >= 11 is 0. The van der Waals surface area contributed by atoms with E-state index in [0.29, 0.717) is 24.7 Å². The fraction of sp³-hybridized carbons (Fsp3) is 0.703. The second-order valence-electron chi connectivity index (χ2n) is 32.2. The molecule has 4 rings (SSSR count). The number of rotatable bonds is 30. The number of halogens is 6. The van der Waals surface area contributed by atoms with Crippen LogP contribution in [0.3, 0.4) is 0 Å². The summed E-state index contributed by atoms with van der Waals surface area (Å²) in [5.74, 6) is 1.01. The van der Waals surface area contributed by atoms with E-state index in [9.17, 15) is 35.9 Å². The first kappa shape index (κ1) is 86.3. The molecule has 2 saturated carbocycles. The fourth-order valence-corrected chi connectivity index (χ4v) is 16.0. The number of carbonyl (C=O) groups excluding carboxylic acids is 1. The number of benzene rings is 2. The Hall–Kier alpha value is -3.77. The number of methoxy groups -OCH3 is 1. The number of alkyl halides is 6. The average Bonchev–Trinajstić information content (AvgIpc) is 1.64. The van der Waals surface area contributed by atoms with Gasteiger partial charge in [-0.15, -0.1) is 0 Å². The summed E-state index contributed by atoms with van der Waals surface area (Å²) in [6, 6.07) is 10.0. The number of carboxylic acids is 1. The number of aliphatic carboxylic acids is 1. The maximum Gasteiger partial charge on any atom is 0.416 e. The van der Waals surface area contributed by atoms with Crippen molar-refractivity contribution in [2.75, 3.05) is 20.3 Å². The molecular formula is C74H124F6O10Si4. The number of allylic oxidation sites excluding steroid dienone is 6. The lowest BCUT2D eigenvalue weighted by atomic mass is 9.87. The normalized spacial score (nSPS) is 22.2. The number of esters is 1. The molecule has 0 radical (unpaired) electrons. The van der Waals surface area contributed by atoms with E-state index in [2.05, 4.69) is 198 Å². The van der Waals surface area contributed by atoms with Crippen LogP contribution in [0.1, 0.15) is 180 Å². The molecule has 2 aromatic rings. The van der Waals surface area contributed by atoms with Gasteiger partial charge in [-0.25, -0.2) is 0 Å². The Balaban J connectivity index is 0.000000633. The number of unbranched alkanes of at least 4 members (excludes halogenated alkanes) is 2. The smallest absolute Gasteiger partial charge is 0.416 e. The molecule has 0 aliphatic heterocycles. The molecule has 10 atom stereocenters. The summed E-state index contributed by atoms with van der Waals surface area (Å²) in [6.45, 7) is 49.1. The molecule has 10 nitrogen and oxygen atoms in total. The number of ether oxygens (including phenoxy) is 3. The summed E-state index contributed by atoms with van der Waals surface area (Å²) in [5, 5.41) is 9.01. The van der Waals surface area contributed by atoms with Crippen molar-refractivity contribution < 1.29 is 73.0 Å². The maximum atomic E-state index is 13.4. The van der Waals surface area contributed by atoms with Gasteiger partial charge in [-0.1, -0.05) is 165 Å². The molecule has 0 bridgehead atoms. The van der Waals surface area contributed by atoms with Gasteiger partial charge >= 0.3 is 24.3 Å². The lowest BCUT2D eigenvalue weighted by Gasteiger charge is -2.40. The maximum absolute atomic E-state index is 13.4. The molecule has 2 fully saturated rings. The fourth-order valence-electron chi connectivity index (χ4n) is 10.7. The van der Waals surface area contributed by atoms with Gasteiger partial charge in [-0.2, -0.15) is 26.3 Å². The van der Waals surface area contributed by atoms with E-state index < -0.39 is 74.9 Å². The van der Waals surface area contributed by atoms with Crippen LogP contribution in [0.2, 0.25) is 72.5 Å². The highest BCUT2D eigenvalue weighted by molar-refractivity contribution is 6.75. The van der Waals surface area contributed by atoms with Gasteiger partial charge in [0, 0.05) is 25.0 Å². The first-order valence-corrected chi connectivity index (χ1v) is 45.3. The predicted octanol–water partition coefficient (Wildman–Crippen LogP) is 22.5. The van der Waals surface area contributed by atoms with Gasteiger partial charge in [0.2, 0.25) is 0 Å². The van der Waals surface area contributed by atoms with Crippen molar-refractivity contribution in [3.8, 4) is 11.5 Å². The van der Waals surface area contributed by atoms with E-state index in [4.69, 9.17) is 37.0 Å². The molecular weight excluding hydrogens is 1280 g/mol. The third-order valence-electron chi connectivity index (χ3n) is 20.6. The Morgan fingerprint density at radius 1 is 0.543 bits per heavy atom. The Morgan fingerprint density at radius 3 is 1.19 bits per heavy atom. The Labute approximate surface area is 568 Å². The predicted molar refractivity (Wildman–Crippen MR) is 384 cm³/mol. The lowest BCUT2D eigenvalue weighted by Crippen LogP contribution is -2.45. The van der Waals surface area contributed by atoms with Crippen LogP contribution in [-0.2, 0) is 44.4 Å². The topological polar surface area (TPSA) is 119 Å². The zero-order valence-electron chi connectivity index (χ0n) is 60.9. The molecule has 20 heteroatoms. The van der Waals surface area contributed by atoms with Crippen molar-refractivity contribution in [3.05, 3.63) is 108 Å². The third-order valence-corrected chi connectivity index (χ3v) is 38.6. The van der Waals surface area contributed by atoms with Crippen molar-refractivity contribution in [2.45, 2.75) is 278 Å². The van der Waals surface area contributed by atoms with E-state index in [1.54, 1.807) is 12.1 Å². The Morgan fingerprint density at radius 2 is 0.883 bits per heavy atom. The molecule has 0 amide bonds. The van der Waals surface area contributed by atoms with E-state index in [-0.39, 0.29) is 101 Å². The summed E-state index contributed by atoms with van der Waals surface area (Å²) in [5.41, 5.74) is -1.48. The third kappa shape index (κ3) is 27.5. The van der Waals surface area contributed by atoms with Crippen LogP contribution >= 0.6 is 0 Å². The summed E-state index contributed by atoms with van der Waals surface area (Å²) in [7, 11) is -7.16. The minimum Gasteiger partial charge on any atom is -0.491 e. The van der Waals surface area contributed by atoms with Gasteiger partial charge in [0.15, 0.2) is 33.3 Å². The van der Waals surface area contributed by atoms with E-state index >= 15 is 0 Å². The van der Waals surface area contributed by atoms with Crippen molar-refractivity contribution in [2.24, 2.45) is 35.5 Å². The second kappa shape index (κ2) is 35.8.